The summed E-state index contributed by atoms with van der Waals surface area (Å²) in [5, 5.41) is 4.68. The van der Waals surface area contributed by atoms with E-state index in [1.165, 1.54) is 0 Å². The van der Waals surface area contributed by atoms with Gasteiger partial charge in [-0.2, -0.15) is 5.10 Å². The van der Waals surface area contributed by atoms with Crippen LogP contribution in [0.1, 0.15) is 36.2 Å². The van der Waals surface area contributed by atoms with Gasteiger partial charge < -0.3 is 10.6 Å². The van der Waals surface area contributed by atoms with Gasteiger partial charge in [0.05, 0.1) is 17.8 Å². The Bertz CT molecular complexity index is 478. The van der Waals surface area contributed by atoms with Crippen LogP contribution in [0.2, 0.25) is 5.02 Å². The highest BCUT2D eigenvalue weighted by molar-refractivity contribution is 6.33. The van der Waals surface area contributed by atoms with E-state index in [2.05, 4.69) is 10.00 Å². The van der Waals surface area contributed by atoms with Gasteiger partial charge >= 0.3 is 0 Å². The first kappa shape index (κ1) is 15.5. The number of rotatable bonds is 6. The van der Waals surface area contributed by atoms with Crippen LogP contribution in [-0.2, 0) is 6.54 Å². The molecule has 0 spiro atoms. The maximum absolute atomic E-state index is 12.9. The number of likely N-dealkylation sites (N-methyl/N-ethyl adjacent to an activating group) is 1. The van der Waals surface area contributed by atoms with Crippen molar-refractivity contribution in [1.29, 1.82) is 0 Å². The molecule has 0 amide bonds. The number of ketones is 1. The quantitative estimate of drug-likeness (QED) is 0.814. The second-order valence-electron chi connectivity index (χ2n) is 5.89. The second kappa shape index (κ2) is 6.24. The molecule has 1 aromatic rings. The number of nitrogens with two attached hydrogens (primary N) is 1. The van der Waals surface area contributed by atoms with Crippen LogP contribution in [-0.4, -0.2) is 47.6 Å². The summed E-state index contributed by atoms with van der Waals surface area (Å²) >= 11 is 6.19. The van der Waals surface area contributed by atoms with Crippen LogP contribution in [0.15, 0.2) is 6.20 Å². The molecule has 112 valence electrons. The average molecular weight is 299 g/mol. The number of carbonyl (C=O) groups excluding carboxylic acids is 1. The molecule has 2 rings (SSSR count). The molecular weight excluding hydrogens is 276 g/mol. The van der Waals surface area contributed by atoms with Crippen LogP contribution < -0.4 is 5.73 Å². The number of hydrogen-bond acceptors (Lipinski definition) is 4. The molecule has 6 heteroatoms. The predicted molar refractivity (Wildman–Crippen MR) is 80.1 cm³/mol. The second-order valence-corrected chi connectivity index (χ2v) is 6.30. The van der Waals surface area contributed by atoms with Crippen molar-refractivity contribution in [1.82, 2.24) is 14.7 Å². The predicted octanol–water partition coefficient (Wildman–Crippen LogP) is 1.80. The van der Waals surface area contributed by atoms with Crippen molar-refractivity contribution in [2.24, 2.45) is 11.1 Å². The normalized spacial score (nSPS) is 17.9. The number of Topliss-reactive ketones (excluding diaryl/α,β-unsaturated/α-hetero) is 1. The minimum atomic E-state index is -0.431. The van der Waals surface area contributed by atoms with Crippen molar-refractivity contribution in [2.75, 3.05) is 27.2 Å². The molecule has 1 aliphatic rings. The molecule has 1 heterocycles. The summed E-state index contributed by atoms with van der Waals surface area (Å²) in [5.74, 6) is 0.0683. The lowest BCUT2D eigenvalue weighted by molar-refractivity contribution is 0.0797. The monoisotopic (exact) mass is 298 g/mol. The van der Waals surface area contributed by atoms with E-state index in [1.807, 2.05) is 14.1 Å². The van der Waals surface area contributed by atoms with Crippen LogP contribution in [0.4, 0.5) is 0 Å². The molecule has 1 saturated carbocycles. The van der Waals surface area contributed by atoms with Gasteiger partial charge in [0.2, 0.25) is 0 Å². The van der Waals surface area contributed by atoms with Gasteiger partial charge in [-0.25, -0.2) is 0 Å². The fraction of sp³-hybridized carbons (Fsp3) is 0.714. The maximum atomic E-state index is 12.9. The Kier molecular flexibility index (Phi) is 4.83. The molecular formula is C14H23ClN4O. The van der Waals surface area contributed by atoms with Gasteiger partial charge in [0.15, 0.2) is 5.78 Å². The third-order valence-corrected chi connectivity index (χ3v) is 4.48. The number of nitrogens with zero attached hydrogens (tertiary/aromatic N) is 3. The molecule has 1 aliphatic carbocycles. The Morgan fingerprint density at radius 1 is 1.50 bits per heavy atom. The molecule has 0 radical (unpaired) electrons. The standard InChI is InChI=1S/C14H23ClN4O/c1-18(2)7-8-19-12(11(15)9-17-19)13(20)14(10-16)5-3-4-6-14/h9H,3-8,10,16H2,1-2H3. The first-order valence-corrected chi connectivity index (χ1v) is 7.49. The molecule has 0 bridgehead atoms. The zero-order chi connectivity index (χ0) is 14.8. The number of aromatic nitrogens is 2. The topological polar surface area (TPSA) is 64.2 Å². The minimum Gasteiger partial charge on any atom is -0.329 e. The first-order valence-electron chi connectivity index (χ1n) is 7.11. The van der Waals surface area contributed by atoms with Crippen LogP contribution in [0.5, 0.6) is 0 Å². The van der Waals surface area contributed by atoms with Gasteiger partial charge in [-0.3, -0.25) is 9.48 Å². The largest absolute Gasteiger partial charge is 0.329 e. The number of carbonyl (C=O) groups is 1. The molecule has 0 saturated heterocycles. The first-order chi connectivity index (χ1) is 9.50. The Morgan fingerprint density at radius 3 is 2.70 bits per heavy atom. The highest BCUT2D eigenvalue weighted by Crippen LogP contribution is 2.41. The maximum Gasteiger partial charge on any atom is 0.189 e. The highest BCUT2D eigenvalue weighted by atomic mass is 35.5. The van der Waals surface area contributed by atoms with Crippen molar-refractivity contribution in [3.8, 4) is 0 Å². The lowest BCUT2D eigenvalue weighted by atomic mass is 9.80. The Labute approximate surface area is 125 Å². The van der Waals surface area contributed by atoms with Crippen molar-refractivity contribution in [2.45, 2.75) is 32.2 Å². The summed E-state index contributed by atoms with van der Waals surface area (Å²) in [6.07, 6.45) is 5.40. The summed E-state index contributed by atoms with van der Waals surface area (Å²) in [4.78, 5) is 15.0. The molecule has 0 unspecified atom stereocenters. The summed E-state index contributed by atoms with van der Waals surface area (Å²) in [6, 6.07) is 0. The third-order valence-electron chi connectivity index (χ3n) is 4.20. The smallest absolute Gasteiger partial charge is 0.189 e. The lowest BCUT2D eigenvalue weighted by Gasteiger charge is -2.26. The van der Waals surface area contributed by atoms with Gasteiger partial charge in [0.1, 0.15) is 5.69 Å². The van der Waals surface area contributed by atoms with Crippen molar-refractivity contribution in [3.63, 3.8) is 0 Å². The van der Waals surface area contributed by atoms with Crippen molar-refractivity contribution < 1.29 is 4.79 Å². The van der Waals surface area contributed by atoms with Gasteiger partial charge in [-0.05, 0) is 26.9 Å². The molecule has 0 atom stereocenters. The molecule has 1 aromatic heterocycles. The van der Waals surface area contributed by atoms with Gasteiger partial charge in [-0.1, -0.05) is 24.4 Å². The van der Waals surface area contributed by atoms with E-state index in [-0.39, 0.29) is 5.78 Å². The molecule has 0 aliphatic heterocycles. The van der Waals surface area contributed by atoms with E-state index in [0.717, 1.165) is 32.2 Å². The van der Waals surface area contributed by atoms with Crippen LogP contribution in [0.25, 0.3) is 0 Å². The highest BCUT2D eigenvalue weighted by Gasteiger charge is 2.42. The van der Waals surface area contributed by atoms with Crippen molar-refractivity contribution in [3.05, 3.63) is 16.9 Å². The summed E-state index contributed by atoms with van der Waals surface area (Å²) in [5.41, 5.74) is 5.99. The van der Waals surface area contributed by atoms with E-state index in [9.17, 15) is 4.79 Å². The number of halogens is 1. The third kappa shape index (κ3) is 2.90. The Hall–Kier alpha value is -0.910. The van der Waals surface area contributed by atoms with Crippen molar-refractivity contribution >= 4 is 17.4 Å². The van der Waals surface area contributed by atoms with Gasteiger partial charge in [0, 0.05) is 18.5 Å². The molecule has 2 N–H and O–H groups in total. The summed E-state index contributed by atoms with van der Waals surface area (Å²) < 4.78 is 1.72. The van der Waals surface area contributed by atoms with Gasteiger partial charge in [0.25, 0.3) is 0 Å². The van der Waals surface area contributed by atoms with Crippen LogP contribution >= 0.6 is 11.6 Å². The lowest BCUT2D eigenvalue weighted by Crippen LogP contribution is -2.37. The molecule has 0 aromatic carbocycles. The SMILES string of the molecule is CN(C)CCn1ncc(Cl)c1C(=O)C1(CN)CCCC1. The van der Waals surface area contributed by atoms with E-state index in [0.29, 0.717) is 23.8 Å². The van der Waals surface area contributed by atoms with Crippen LogP contribution in [0.3, 0.4) is 0 Å². The fourth-order valence-corrected chi connectivity index (χ4v) is 3.11. The average Bonchev–Trinajstić information content (AvgIpc) is 3.03. The van der Waals surface area contributed by atoms with E-state index < -0.39 is 5.41 Å². The van der Waals surface area contributed by atoms with Gasteiger partial charge in [-0.15, -0.1) is 0 Å². The summed E-state index contributed by atoms with van der Waals surface area (Å²) in [6.45, 7) is 1.86. The van der Waals surface area contributed by atoms with E-state index in [1.54, 1.807) is 10.9 Å². The Morgan fingerprint density at radius 2 is 2.15 bits per heavy atom. The fourth-order valence-electron chi connectivity index (χ4n) is 2.88. The molecule has 5 nitrogen and oxygen atoms in total. The summed E-state index contributed by atoms with van der Waals surface area (Å²) in [7, 11) is 3.98. The molecule has 20 heavy (non-hydrogen) atoms. The zero-order valence-electron chi connectivity index (χ0n) is 12.2. The molecule has 1 fully saturated rings. The zero-order valence-corrected chi connectivity index (χ0v) is 13.0. The van der Waals surface area contributed by atoms with Crippen LogP contribution in [0, 0.1) is 5.41 Å². The number of hydrogen-bond donors (Lipinski definition) is 1. The van der Waals surface area contributed by atoms with E-state index >= 15 is 0 Å². The Balaban J connectivity index is 2.27. The van der Waals surface area contributed by atoms with E-state index in [4.69, 9.17) is 17.3 Å². The minimum absolute atomic E-state index is 0.0683.